The second-order valence-electron chi connectivity index (χ2n) is 5.83. The molecule has 0 aliphatic rings. The molecule has 0 radical (unpaired) electrons. The molecule has 1 amide bonds. The first kappa shape index (κ1) is 17.2. The maximum Gasteiger partial charge on any atom is 0.263 e. The molecule has 0 atom stereocenters. The van der Waals surface area contributed by atoms with Crippen LogP contribution < -0.4 is 10.1 Å². The molecule has 5 heteroatoms. The summed E-state index contributed by atoms with van der Waals surface area (Å²) >= 11 is 1.42. The van der Waals surface area contributed by atoms with Gasteiger partial charge in [0.05, 0.1) is 12.8 Å². The van der Waals surface area contributed by atoms with E-state index in [1.807, 2.05) is 50.2 Å². The van der Waals surface area contributed by atoms with E-state index >= 15 is 0 Å². The fourth-order valence-corrected chi connectivity index (χ4v) is 3.46. The van der Waals surface area contributed by atoms with Crippen molar-refractivity contribution in [3.05, 3.63) is 70.2 Å². The van der Waals surface area contributed by atoms with Crippen LogP contribution in [0.15, 0.2) is 48.5 Å². The topological polar surface area (TPSA) is 51.2 Å². The number of nitrogens with one attached hydrogen (secondary N) is 1. The number of thiazole rings is 1. The molecule has 2 aromatic carbocycles. The van der Waals surface area contributed by atoms with Gasteiger partial charge in [-0.2, -0.15) is 0 Å². The van der Waals surface area contributed by atoms with Gasteiger partial charge < -0.3 is 10.1 Å². The van der Waals surface area contributed by atoms with Crippen LogP contribution in [0.3, 0.4) is 0 Å². The molecule has 1 N–H and O–H groups in total. The number of nitrogens with zero attached hydrogens (tertiary/aromatic N) is 1. The molecular weight excluding hydrogens is 332 g/mol. The van der Waals surface area contributed by atoms with Crippen LogP contribution in [-0.2, 0) is 6.54 Å². The van der Waals surface area contributed by atoms with E-state index in [1.54, 1.807) is 7.11 Å². The van der Waals surface area contributed by atoms with Gasteiger partial charge in [0, 0.05) is 12.1 Å². The van der Waals surface area contributed by atoms with Gasteiger partial charge >= 0.3 is 0 Å². The average Bonchev–Trinajstić information content (AvgIpc) is 3.02. The molecule has 25 heavy (non-hydrogen) atoms. The van der Waals surface area contributed by atoms with Crippen LogP contribution in [-0.4, -0.2) is 18.0 Å². The van der Waals surface area contributed by atoms with Crippen LogP contribution in [0.25, 0.3) is 10.6 Å². The SMILES string of the molecule is COc1cccc(CNC(=O)c2sc(-c3ccc(C)cc3)nc2C)c1. The molecule has 0 saturated heterocycles. The number of ether oxygens (including phenoxy) is 1. The first-order chi connectivity index (χ1) is 12.1. The van der Waals surface area contributed by atoms with Crippen molar-refractivity contribution >= 4 is 17.2 Å². The molecule has 0 aliphatic carbocycles. The zero-order valence-electron chi connectivity index (χ0n) is 14.5. The summed E-state index contributed by atoms with van der Waals surface area (Å²) < 4.78 is 5.21. The largest absolute Gasteiger partial charge is 0.497 e. The second-order valence-corrected chi connectivity index (χ2v) is 6.83. The van der Waals surface area contributed by atoms with Crippen molar-refractivity contribution in [2.75, 3.05) is 7.11 Å². The highest BCUT2D eigenvalue weighted by Crippen LogP contribution is 2.28. The molecule has 0 saturated carbocycles. The summed E-state index contributed by atoms with van der Waals surface area (Å²) in [4.78, 5) is 17.7. The van der Waals surface area contributed by atoms with E-state index in [4.69, 9.17) is 4.74 Å². The summed E-state index contributed by atoms with van der Waals surface area (Å²) in [5, 5.41) is 3.82. The first-order valence-corrected chi connectivity index (χ1v) is 8.84. The first-order valence-electron chi connectivity index (χ1n) is 8.02. The van der Waals surface area contributed by atoms with Gasteiger partial charge in [-0.05, 0) is 31.5 Å². The number of rotatable bonds is 5. The summed E-state index contributed by atoms with van der Waals surface area (Å²) in [7, 11) is 1.63. The van der Waals surface area contributed by atoms with Gasteiger partial charge in [-0.1, -0.05) is 42.0 Å². The van der Waals surface area contributed by atoms with Gasteiger partial charge in [0.15, 0.2) is 0 Å². The summed E-state index contributed by atoms with van der Waals surface area (Å²) in [6.07, 6.45) is 0. The molecule has 3 aromatic rings. The number of amides is 1. The number of benzene rings is 2. The van der Waals surface area contributed by atoms with E-state index in [-0.39, 0.29) is 5.91 Å². The molecule has 4 nitrogen and oxygen atoms in total. The molecule has 128 valence electrons. The normalized spacial score (nSPS) is 10.5. The maximum absolute atomic E-state index is 12.5. The van der Waals surface area contributed by atoms with E-state index in [2.05, 4.69) is 22.4 Å². The molecule has 0 spiro atoms. The lowest BCUT2D eigenvalue weighted by Crippen LogP contribution is -2.22. The van der Waals surface area contributed by atoms with Crippen LogP contribution in [0.1, 0.15) is 26.5 Å². The predicted molar refractivity (Wildman–Crippen MR) is 101 cm³/mol. The number of aromatic nitrogens is 1. The quantitative estimate of drug-likeness (QED) is 0.742. The summed E-state index contributed by atoms with van der Waals surface area (Å²) in [5.74, 6) is 0.679. The minimum absolute atomic E-state index is 0.101. The van der Waals surface area contributed by atoms with Crippen molar-refractivity contribution in [3.8, 4) is 16.3 Å². The standard InChI is InChI=1S/C20H20N2O2S/c1-13-7-9-16(10-8-13)20-22-14(2)18(25-20)19(23)21-12-15-5-4-6-17(11-15)24-3/h4-11H,12H2,1-3H3,(H,21,23). The Labute approximate surface area is 151 Å². The third-order valence-electron chi connectivity index (χ3n) is 3.89. The van der Waals surface area contributed by atoms with Crippen LogP contribution in [0, 0.1) is 13.8 Å². The lowest BCUT2D eigenvalue weighted by atomic mass is 10.2. The highest BCUT2D eigenvalue weighted by Gasteiger charge is 2.16. The number of carbonyl (C=O) groups is 1. The molecular formula is C20H20N2O2S. The Morgan fingerprint density at radius 2 is 1.92 bits per heavy atom. The van der Waals surface area contributed by atoms with Gasteiger partial charge in [0.2, 0.25) is 0 Å². The van der Waals surface area contributed by atoms with Gasteiger partial charge in [-0.15, -0.1) is 11.3 Å². The molecule has 0 unspecified atom stereocenters. The lowest BCUT2D eigenvalue weighted by molar-refractivity contribution is 0.0954. The number of hydrogen-bond donors (Lipinski definition) is 1. The van der Waals surface area contributed by atoms with Crippen molar-refractivity contribution < 1.29 is 9.53 Å². The van der Waals surface area contributed by atoms with Crippen LogP contribution in [0.4, 0.5) is 0 Å². The summed E-state index contributed by atoms with van der Waals surface area (Å²) in [6.45, 7) is 4.37. The highest BCUT2D eigenvalue weighted by atomic mass is 32.1. The number of aryl methyl sites for hydroxylation is 2. The Balaban J connectivity index is 1.73. The summed E-state index contributed by atoms with van der Waals surface area (Å²) in [6, 6.07) is 15.8. The molecule has 0 bridgehead atoms. The second kappa shape index (κ2) is 7.49. The molecule has 3 rings (SSSR count). The Morgan fingerprint density at radius 3 is 2.64 bits per heavy atom. The van der Waals surface area contributed by atoms with Gasteiger partial charge in [-0.25, -0.2) is 4.98 Å². The Hall–Kier alpha value is -2.66. The lowest BCUT2D eigenvalue weighted by Gasteiger charge is -2.06. The van der Waals surface area contributed by atoms with Crippen molar-refractivity contribution in [2.45, 2.75) is 20.4 Å². The molecule has 0 aliphatic heterocycles. The number of carbonyl (C=O) groups excluding carboxylic acids is 1. The van der Waals surface area contributed by atoms with Gasteiger partial charge in [0.25, 0.3) is 5.91 Å². The maximum atomic E-state index is 12.5. The van der Waals surface area contributed by atoms with E-state index < -0.39 is 0 Å². The zero-order valence-corrected chi connectivity index (χ0v) is 15.3. The fourth-order valence-electron chi connectivity index (χ4n) is 2.47. The molecule has 0 fully saturated rings. The zero-order chi connectivity index (χ0) is 17.8. The minimum atomic E-state index is -0.101. The Kier molecular flexibility index (Phi) is 5.14. The Bertz CT molecular complexity index is 885. The average molecular weight is 352 g/mol. The minimum Gasteiger partial charge on any atom is -0.497 e. The van der Waals surface area contributed by atoms with Crippen LogP contribution >= 0.6 is 11.3 Å². The number of hydrogen-bond acceptors (Lipinski definition) is 4. The smallest absolute Gasteiger partial charge is 0.263 e. The van der Waals surface area contributed by atoms with Gasteiger partial charge in [0.1, 0.15) is 15.6 Å². The van der Waals surface area contributed by atoms with Gasteiger partial charge in [-0.3, -0.25) is 4.79 Å². The third-order valence-corrected chi connectivity index (χ3v) is 5.09. The van der Waals surface area contributed by atoms with Crippen molar-refractivity contribution in [2.24, 2.45) is 0 Å². The summed E-state index contributed by atoms with van der Waals surface area (Å²) in [5.41, 5.74) is 3.98. The monoisotopic (exact) mass is 352 g/mol. The highest BCUT2D eigenvalue weighted by molar-refractivity contribution is 7.17. The van der Waals surface area contributed by atoms with E-state index in [9.17, 15) is 4.79 Å². The predicted octanol–water partition coefficient (Wildman–Crippen LogP) is 4.37. The molecule has 1 aromatic heterocycles. The van der Waals surface area contributed by atoms with Crippen molar-refractivity contribution in [1.29, 1.82) is 0 Å². The van der Waals surface area contributed by atoms with E-state index in [0.717, 1.165) is 27.6 Å². The van der Waals surface area contributed by atoms with E-state index in [1.165, 1.54) is 16.9 Å². The van der Waals surface area contributed by atoms with Crippen LogP contribution in [0.2, 0.25) is 0 Å². The van der Waals surface area contributed by atoms with Crippen molar-refractivity contribution in [3.63, 3.8) is 0 Å². The molecule has 1 heterocycles. The Morgan fingerprint density at radius 1 is 1.16 bits per heavy atom. The van der Waals surface area contributed by atoms with E-state index in [0.29, 0.717) is 11.4 Å². The fraction of sp³-hybridized carbons (Fsp3) is 0.200. The number of methoxy groups -OCH3 is 1. The van der Waals surface area contributed by atoms with Crippen molar-refractivity contribution in [1.82, 2.24) is 10.3 Å². The third kappa shape index (κ3) is 4.06. The van der Waals surface area contributed by atoms with Crippen LogP contribution in [0.5, 0.6) is 5.75 Å².